The molecule has 1 fully saturated rings. The average Bonchev–Trinajstić information content (AvgIpc) is 2.67. The van der Waals surface area contributed by atoms with E-state index in [1.165, 1.54) is 0 Å². The summed E-state index contributed by atoms with van der Waals surface area (Å²) in [6.45, 7) is 6.43. The standard InChI is InChI=1S/C20H29NO5/c1-3-24-17-9-11-18(12-10-17)26-14-6-8-19(22)21-13-5-7-16(15-21)20(23)25-4-2/h9-12,16H,3-8,13-15H2,1-2H3/t16-/m1/s1. The third-order valence-corrected chi connectivity index (χ3v) is 4.33. The second-order valence-electron chi connectivity index (χ2n) is 6.29. The molecule has 0 unspecified atom stereocenters. The summed E-state index contributed by atoms with van der Waals surface area (Å²) in [5.41, 5.74) is 0. The molecule has 144 valence electrons. The summed E-state index contributed by atoms with van der Waals surface area (Å²) in [6, 6.07) is 7.46. The Kier molecular flexibility index (Phi) is 8.25. The van der Waals surface area contributed by atoms with E-state index >= 15 is 0 Å². The molecule has 0 N–H and O–H groups in total. The number of piperidine rings is 1. The molecule has 0 aromatic heterocycles. The van der Waals surface area contributed by atoms with E-state index in [9.17, 15) is 9.59 Å². The molecule has 1 saturated heterocycles. The summed E-state index contributed by atoms with van der Waals surface area (Å²) in [7, 11) is 0. The van der Waals surface area contributed by atoms with Crippen molar-refractivity contribution in [3.63, 3.8) is 0 Å². The van der Waals surface area contributed by atoms with Gasteiger partial charge < -0.3 is 19.1 Å². The number of carbonyl (C=O) groups is 2. The van der Waals surface area contributed by atoms with Gasteiger partial charge in [-0.3, -0.25) is 9.59 Å². The zero-order valence-electron chi connectivity index (χ0n) is 15.7. The van der Waals surface area contributed by atoms with Gasteiger partial charge in [-0.25, -0.2) is 0 Å². The second-order valence-corrected chi connectivity index (χ2v) is 6.29. The number of rotatable bonds is 9. The number of esters is 1. The Morgan fingerprint density at radius 2 is 1.77 bits per heavy atom. The van der Waals surface area contributed by atoms with Crippen LogP contribution in [0.3, 0.4) is 0 Å². The lowest BCUT2D eigenvalue weighted by atomic mass is 9.98. The van der Waals surface area contributed by atoms with E-state index in [4.69, 9.17) is 14.2 Å². The Morgan fingerprint density at radius 1 is 1.08 bits per heavy atom. The first-order chi connectivity index (χ1) is 12.6. The van der Waals surface area contributed by atoms with Gasteiger partial charge in [0.05, 0.1) is 25.7 Å². The number of hydrogen-bond donors (Lipinski definition) is 0. The number of hydrogen-bond acceptors (Lipinski definition) is 5. The molecule has 6 nitrogen and oxygen atoms in total. The Hall–Kier alpha value is -2.24. The second kappa shape index (κ2) is 10.7. The van der Waals surface area contributed by atoms with E-state index in [2.05, 4.69) is 0 Å². The molecule has 1 aromatic carbocycles. The van der Waals surface area contributed by atoms with Crippen LogP contribution >= 0.6 is 0 Å². The third-order valence-electron chi connectivity index (χ3n) is 4.33. The molecule has 0 saturated carbocycles. The molecule has 1 aliphatic rings. The first-order valence-corrected chi connectivity index (χ1v) is 9.44. The van der Waals surface area contributed by atoms with Crippen molar-refractivity contribution in [2.24, 2.45) is 5.92 Å². The van der Waals surface area contributed by atoms with Gasteiger partial charge in [0.1, 0.15) is 11.5 Å². The lowest BCUT2D eigenvalue weighted by Crippen LogP contribution is -2.42. The van der Waals surface area contributed by atoms with Crippen LogP contribution in [0.1, 0.15) is 39.5 Å². The predicted molar refractivity (Wildman–Crippen MR) is 98.3 cm³/mol. The Bertz CT molecular complexity index is 572. The fourth-order valence-corrected chi connectivity index (χ4v) is 3.03. The van der Waals surface area contributed by atoms with E-state index in [-0.39, 0.29) is 17.8 Å². The van der Waals surface area contributed by atoms with Crippen molar-refractivity contribution in [1.29, 1.82) is 0 Å². The summed E-state index contributed by atoms with van der Waals surface area (Å²) in [6.07, 6.45) is 2.71. The summed E-state index contributed by atoms with van der Waals surface area (Å²) < 4.78 is 16.1. The maximum absolute atomic E-state index is 12.4. The van der Waals surface area contributed by atoms with Gasteiger partial charge in [0, 0.05) is 19.5 Å². The zero-order valence-corrected chi connectivity index (χ0v) is 15.7. The van der Waals surface area contributed by atoms with Gasteiger partial charge in [-0.15, -0.1) is 0 Å². The van der Waals surface area contributed by atoms with Crippen LogP contribution in [0.15, 0.2) is 24.3 Å². The maximum Gasteiger partial charge on any atom is 0.310 e. The van der Waals surface area contributed by atoms with Gasteiger partial charge in [-0.2, -0.15) is 0 Å². The highest BCUT2D eigenvalue weighted by Gasteiger charge is 2.28. The summed E-state index contributed by atoms with van der Waals surface area (Å²) in [4.78, 5) is 26.0. The summed E-state index contributed by atoms with van der Waals surface area (Å²) in [5, 5.41) is 0. The van der Waals surface area contributed by atoms with Crippen LogP contribution in [-0.4, -0.2) is 49.7 Å². The van der Waals surface area contributed by atoms with Gasteiger partial charge in [0.2, 0.25) is 5.91 Å². The predicted octanol–water partition coefficient (Wildman–Crippen LogP) is 3.05. The van der Waals surface area contributed by atoms with Crippen LogP contribution in [0.25, 0.3) is 0 Å². The number of ether oxygens (including phenoxy) is 3. The quantitative estimate of drug-likeness (QED) is 0.498. The number of carbonyl (C=O) groups excluding carboxylic acids is 2. The van der Waals surface area contributed by atoms with Crippen LogP contribution in [0.4, 0.5) is 0 Å². The molecular weight excluding hydrogens is 334 g/mol. The highest BCUT2D eigenvalue weighted by atomic mass is 16.5. The van der Waals surface area contributed by atoms with Gasteiger partial charge in [-0.05, 0) is 57.4 Å². The normalized spacial score (nSPS) is 16.8. The average molecular weight is 363 g/mol. The zero-order chi connectivity index (χ0) is 18.8. The molecule has 0 spiro atoms. The molecule has 1 aliphatic heterocycles. The highest BCUT2D eigenvalue weighted by molar-refractivity contribution is 5.78. The van der Waals surface area contributed by atoms with Crippen LogP contribution in [0, 0.1) is 5.92 Å². The third kappa shape index (κ3) is 6.24. The van der Waals surface area contributed by atoms with Crippen molar-refractivity contribution < 1.29 is 23.8 Å². The minimum Gasteiger partial charge on any atom is -0.494 e. The van der Waals surface area contributed by atoms with Crippen molar-refractivity contribution in [2.45, 2.75) is 39.5 Å². The fourth-order valence-electron chi connectivity index (χ4n) is 3.03. The van der Waals surface area contributed by atoms with Crippen LogP contribution < -0.4 is 9.47 Å². The lowest BCUT2D eigenvalue weighted by molar-refractivity contribution is -0.151. The maximum atomic E-state index is 12.4. The Labute approximate surface area is 155 Å². The fraction of sp³-hybridized carbons (Fsp3) is 0.600. The van der Waals surface area contributed by atoms with Gasteiger partial charge in [0.25, 0.3) is 0 Å². The van der Waals surface area contributed by atoms with E-state index in [0.29, 0.717) is 45.8 Å². The molecular formula is C20H29NO5. The SMILES string of the molecule is CCOC(=O)[C@@H]1CCCN(C(=O)CCCOc2ccc(OCC)cc2)C1. The molecule has 0 radical (unpaired) electrons. The largest absolute Gasteiger partial charge is 0.494 e. The van der Waals surface area contributed by atoms with Crippen molar-refractivity contribution in [2.75, 3.05) is 32.9 Å². The molecule has 1 atom stereocenters. The smallest absolute Gasteiger partial charge is 0.310 e. The summed E-state index contributed by atoms with van der Waals surface area (Å²) >= 11 is 0. The molecule has 1 heterocycles. The minimum atomic E-state index is -0.191. The first kappa shape index (κ1) is 20.1. The van der Waals surface area contributed by atoms with Crippen molar-refractivity contribution >= 4 is 11.9 Å². The monoisotopic (exact) mass is 363 g/mol. The van der Waals surface area contributed by atoms with Gasteiger partial charge in [0.15, 0.2) is 0 Å². The molecule has 26 heavy (non-hydrogen) atoms. The number of amides is 1. The number of likely N-dealkylation sites (tertiary alicyclic amines) is 1. The molecule has 0 bridgehead atoms. The van der Waals surface area contributed by atoms with Crippen molar-refractivity contribution in [3.05, 3.63) is 24.3 Å². The van der Waals surface area contributed by atoms with Crippen molar-refractivity contribution in [3.8, 4) is 11.5 Å². The van der Waals surface area contributed by atoms with Crippen LogP contribution in [0.5, 0.6) is 11.5 Å². The molecule has 1 aromatic rings. The van der Waals surface area contributed by atoms with Crippen LogP contribution in [-0.2, 0) is 14.3 Å². The molecule has 1 amide bonds. The van der Waals surface area contributed by atoms with Gasteiger partial charge >= 0.3 is 5.97 Å². The summed E-state index contributed by atoms with van der Waals surface area (Å²) in [5.74, 6) is 1.28. The van der Waals surface area contributed by atoms with Crippen molar-refractivity contribution in [1.82, 2.24) is 4.90 Å². The first-order valence-electron chi connectivity index (χ1n) is 9.44. The van der Waals surface area contributed by atoms with E-state index in [0.717, 1.165) is 24.3 Å². The topological polar surface area (TPSA) is 65.1 Å². The lowest BCUT2D eigenvalue weighted by Gasteiger charge is -2.31. The van der Waals surface area contributed by atoms with Crippen LogP contribution in [0.2, 0.25) is 0 Å². The van der Waals surface area contributed by atoms with E-state index in [1.54, 1.807) is 11.8 Å². The Balaban J connectivity index is 1.68. The molecule has 2 rings (SSSR count). The minimum absolute atomic E-state index is 0.0780. The molecule has 6 heteroatoms. The number of nitrogens with zero attached hydrogens (tertiary/aromatic N) is 1. The Morgan fingerprint density at radius 3 is 2.42 bits per heavy atom. The number of benzene rings is 1. The molecule has 0 aliphatic carbocycles. The highest BCUT2D eigenvalue weighted by Crippen LogP contribution is 2.20. The van der Waals surface area contributed by atoms with E-state index < -0.39 is 0 Å². The van der Waals surface area contributed by atoms with Gasteiger partial charge in [-0.1, -0.05) is 0 Å². The van der Waals surface area contributed by atoms with E-state index in [1.807, 2.05) is 31.2 Å².